The minimum atomic E-state index is -0.0372. The van der Waals surface area contributed by atoms with Gasteiger partial charge in [-0.05, 0) is 37.9 Å². The molecule has 1 atom stereocenters. The summed E-state index contributed by atoms with van der Waals surface area (Å²) in [5, 5.41) is 9.29. The Balaban J connectivity index is 0.00000480. The van der Waals surface area contributed by atoms with Crippen LogP contribution in [0.15, 0.2) is 65.7 Å². The summed E-state index contributed by atoms with van der Waals surface area (Å²) in [6.45, 7) is 4.77. The van der Waals surface area contributed by atoms with Crippen LogP contribution in [0.3, 0.4) is 0 Å². The van der Waals surface area contributed by atoms with Crippen molar-refractivity contribution in [2.45, 2.75) is 32.4 Å². The first kappa shape index (κ1) is 26.9. The molecule has 0 fully saturated rings. The van der Waals surface area contributed by atoms with Crippen molar-refractivity contribution in [1.82, 2.24) is 20.9 Å². The lowest BCUT2D eigenvalue weighted by Gasteiger charge is -2.25. The van der Waals surface area contributed by atoms with Gasteiger partial charge in [-0.3, -0.25) is 14.7 Å². The van der Waals surface area contributed by atoms with Crippen LogP contribution in [0.5, 0.6) is 0 Å². The van der Waals surface area contributed by atoms with Gasteiger partial charge >= 0.3 is 0 Å². The number of carbonyl (C=O) groups is 1. The zero-order valence-electron chi connectivity index (χ0n) is 18.8. The topological polar surface area (TPSA) is 68.8 Å². The van der Waals surface area contributed by atoms with Crippen molar-refractivity contribution in [2.24, 2.45) is 4.99 Å². The maximum atomic E-state index is 12.0. The molecule has 1 amide bonds. The SMILES string of the molecule is CN=C(NCCC(C)N(C)Cc1ccccc1)NCC(=O)NCCc1ccccc1.I. The molecule has 2 aromatic carbocycles. The molecule has 1 unspecified atom stereocenters. The summed E-state index contributed by atoms with van der Waals surface area (Å²) in [6, 6.07) is 21.1. The van der Waals surface area contributed by atoms with E-state index >= 15 is 0 Å². The average Bonchev–Trinajstić information content (AvgIpc) is 2.77. The second-order valence-electron chi connectivity index (χ2n) is 7.48. The maximum Gasteiger partial charge on any atom is 0.239 e. The number of carbonyl (C=O) groups excluding carboxylic acids is 1. The molecule has 0 spiro atoms. The second kappa shape index (κ2) is 15.6. The molecule has 7 heteroatoms. The molecule has 0 radical (unpaired) electrons. The Morgan fingerprint density at radius 1 is 0.935 bits per heavy atom. The van der Waals surface area contributed by atoms with E-state index in [0.717, 1.165) is 25.9 Å². The zero-order chi connectivity index (χ0) is 21.6. The number of benzene rings is 2. The lowest BCUT2D eigenvalue weighted by molar-refractivity contribution is -0.119. The first-order valence-electron chi connectivity index (χ1n) is 10.6. The summed E-state index contributed by atoms with van der Waals surface area (Å²) >= 11 is 0. The summed E-state index contributed by atoms with van der Waals surface area (Å²) in [7, 11) is 3.86. The largest absolute Gasteiger partial charge is 0.356 e. The number of aliphatic imine (C=N–C) groups is 1. The number of guanidine groups is 1. The molecule has 0 saturated carbocycles. The molecule has 31 heavy (non-hydrogen) atoms. The molecule has 0 bridgehead atoms. The summed E-state index contributed by atoms with van der Waals surface area (Å²) in [6.07, 6.45) is 1.81. The van der Waals surface area contributed by atoms with Crippen molar-refractivity contribution >= 4 is 35.8 Å². The highest BCUT2D eigenvalue weighted by atomic mass is 127. The molecule has 170 valence electrons. The molecular formula is C24H36IN5O. The predicted octanol–water partition coefficient (Wildman–Crippen LogP) is 3.04. The highest BCUT2D eigenvalue weighted by molar-refractivity contribution is 14.0. The molecule has 2 rings (SSSR count). The summed E-state index contributed by atoms with van der Waals surface area (Å²) in [5.74, 6) is 0.607. The van der Waals surface area contributed by atoms with Gasteiger partial charge in [0, 0.05) is 32.7 Å². The first-order chi connectivity index (χ1) is 14.6. The average molecular weight is 537 g/mol. The normalized spacial score (nSPS) is 12.1. The van der Waals surface area contributed by atoms with E-state index in [2.05, 4.69) is 76.2 Å². The Morgan fingerprint density at radius 3 is 2.16 bits per heavy atom. The van der Waals surface area contributed by atoms with Gasteiger partial charge in [0.25, 0.3) is 0 Å². The number of amides is 1. The van der Waals surface area contributed by atoms with Crippen LogP contribution in [0.2, 0.25) is 0 Å². The highest BCUT2D eigenvalue weighted by Gasteiger charge is 2.10. The molecule has 0 aliphatic rings. The van der Waals surface area contributed by atoms with Gasteiger partial charge in [0.05, 0.1) is 6.54 Å². The predicted molar refractivity (Wildman–Crippen MR) is 140 cm³/mol. The Morgan fingerprint density at radius 2 is 1.55 bits per heavy atom. The van der Waals surface area contributed by atoms with Crippen molar-refractivity contribution in [1.29, 1.82) is 0 Å². The first-order valence-corrected chi connectivity index (χ1v) is 10.6. The minimum absolute atomic E-state index is 0. The van der Waals surface area contributed by atoms with E-state index in [1.807, 2.05) is 24.3 Å². The van der Waals surface area contributed by atoms with Crippen molar-refractivity contribution in [3.05, 3.63) is 71.8 Å². The van der Waals surface area contributed by atoms with E-state index in [4.69, 9.17) is 0 Å². The van der Waals surface area contributed by atoms with Gasteiger partial charge in [-0.1, -0.05) is 60.7 Å². The summed E-state index contributed by atoms with van der Waals surface area (Å²) < 4.78 is 0. The molecule has 0 aliphatic carbocycles. The van der Waals surface area contributed by atoms with Crippen LogP contribution >= 0.6 is 24.0 Å². The van der Waals surface area contributed by atoms with Crippen LogP contribution < -0.4 is 16.0 Å². The van der Waals surface area contributed by atoms with Gasteiger partial charge in [-0.15, -0.1) is 24.0 Å². The van der Waals surface area contributed by atoms with Crippen molar-refractivity contribution < 1.29 is 4.79 Å². The van der Waals surface area contributed by atoms with Crippen LogP contribution in [0.25, 0.3) is 0 Å². The van der Waals surface area contributed by atoms with Crippen LogP contribution in [0.4, 0.5) is 0 Å². The van der Waals surface area contributed by atoms with Crippen molar-refractivity contribution in [3.63, 3.8) is 0 Å². The van der Waals surface area contributed by atoms with Crippen LogP contribution in [0, 0.1) is 0 Å². The fraction of sp³-hybridized carbons (Fsp3) is 0.417. The summed E-state index contributed by atoms with van der Waals surface area (Å²) in [5.41, 5.74) is 2.53. The van der Waals surface area contributed by atoms with Crippen molar-refractivity contribution in [2.75, 3.05) is 33.7 Å². The zero-order valence-corrected chi connectivity index (χ0v) is 21.1. The number of nitrogens with zero attached hydrogens (tertiary/aromatic N) is 2. The van der Waals surface area contributed by atoms with Gasteiger partial charge in [0.15, 0.2) is 5.96 Å². The monoisotopic (exact) mass is 537 g/mol. The number of halogens is 1. The molecule has 6 nitrogen and oxygen atoms in total. The molecule has 0 aliphatic heterocycles. The lowest BCUT2D eigenvalue weighted by atomic mass is 10.1. The van der Waals surface area contributed by atoms with E-state index in [0.29, 0.717) is 18.5 Å². The van der Waals surface area contributed by atoms with E-state index in [1.165, 1.54) is 11.1 Å². The Kier molecular flexibility index (Phi) is 13.6. The maximum absolute atomic E-state index is 12.0. The van der Waals surface area contributed by atoms with Crippen LogP contribution in [0.1, 0.15) is 24.5 Å². The molecule has 0 saturated heterocycles. The number of nitrogens with one attached hydrogen (secondary N) is 3. The smallest absolute Gasteiger partial charge is 0.239 e. The lowest BCUT2D eigenvalue weighted by Crippen LogP contribution is -2.44. The quantitative estimate of drug-likeness (QED) is 0.234. The third-order valence-electron chi connectivity index (χ3n) is 5.10. The molecule has 0 heterocycles. The fourth-order valence-electron chi connectivity index (χ4n) is 3.09. The third-order valence-corrected chi connectivity index (χ3v) is 5.10. The van der Waals surface area contributed by atoms with Crippen LogP contribution in [-0.2, 0) is 17.8 Å². The molecule has 3 N–H and O–H groups in total. The van der Waals surface area contributed by atoms with Gasteiger partial charge in [0.1, 0.15) is 0 Å². The van der Waals surface area contributed by atoms with Gasteiger partial charge in [-0.2, -0.15) is 0 Å². The summed E-state index contributed by atoms with van der Waals surface area (Å²) in [4.78, 5) is 18.6. The molecular weight excluding hydrogens is 501 g/mol. The van der Waals surface area contributed by atoms with E-state index in [-0.39, 0.29) is 36.4 Å². The Hall–Kier alpha value is -2.13. The highest BCUT2D eigenvalue weighted by Crippen LogP contribution is 2.07. The third kappa shape index (κ3) is 11.2. The van der Waals surface area contributed by atoms with Crippen molar-refractivity contribution in [3.8, 4) is 0 Å². The van der Waals surface area contributed by atoms with E-state index in [1.54, 1.807) is 7.05 Å². The Labute approximate surface area is 203 Å². The number of rotatable bonds is 11. The molecule has 0 aromatic heterocycles. The van der Waals surface area contributed by atoms with Gasteiger partial charge in [0.2, 0.25) is 5.91 Å². The number of hydrogen-bond donors (Lipinski definition) is 3. The van der Waals surface area contributed by atoms with Crippen LogP contribution in [-0.4, -0.2) is 56.5 Å². The van der Waals surface area contributed by atoms with E-state index in [9.17, 15) is 4.79 Å². The number of hydrogen-bond acceptors (Lipinski definition) is 3. The van der Waals surface area contributed by atoms with Gasteiger partial charge in [-0.25, -0.2) is 0 Å². The molecule has 2 aromatic rings. The standard InChI is InChI=1S/C24H35N5O.HI/c1-20(29(3)19-22-12-8-5-9-13-22)14-16-27-24(25-2)28-18-23(30)26-17-15-21-10-6-4-7-11-21;/h4-13,20H,14-19H2,1-3H3,(H,26,30)(H2,25,27,28);1H. The fourth-order valence-corrected chi connectivity index (χ4v) is 3.09. The Bertz CT molecular complexity index is 770. The minimum Gasteiger partial charge on any atom is -0.356 e. The second-order valence-corrected chi connectivity index (χ2v) is 7.48. The van der Waals surface area contributed by atoms with Gasteiger partial charge < -0.3 is 16.0 Å². The van der Waals surface area contributed by atoms with E-state index < -0.39 is 0 Å².